The van der Waals surface area contributed by atoms with Gasteiger partial charge in [-0.2, -0.15) is 0 Å². The normalized spacial score (nSPS) is 18.3. The van der Waals surface area contributed by atoms with E-state index in [4.69, 9.17) is 31.5 Å². The number of halogens is 1. The van der Waals surface area contributed by atoms with Crippen molar-refractivity contribution in [3.8, 4) is 0 Å². The molecule has 2 unspecified atom stereocenters. The number of benzene rings is 2. The van der Waals surface area contributed by atoms with Crippen LogP contribution in [0.1, 0.15) is 70.4 Å². The topological polar surface area (TPSA) is 204 Å². The molecular formula is C38H55ClN4O10S. The van der Waals surface area contributed by atoms with E-state index >= 15 is 0 Å². The minimum Gasteiger partial charge on any atom is -0.467 e. The Morgan fingerprint density at radius 1 is 1.00 bits per heavy atom. The Balaban J connectivity index is 1.88. The lowest BCUT2D eigenvalue weighted by Gasteiger charge is -2.31. The van der Waals surface area contributed by atoms with Crippen molar-refractivity contribution >= 4 is 45.4 Å². The second-order valence-electron chi connectivity index (χ2n) is 14.7. The first-order chi connectivity index (χ1) is 25.4. The smallest absolute Gasteiger partial charge is 0.336 e. The predicted molar refractivity (Wildman–Crippen MR) is 203 cm³/mol. The molecular weight excluding hydrogens is 740 g/mol. The fraction of sp³-hybridized carbons (Fsp3) is 0.579. The number of methoxy groups -OCH3 is 1. The summed E-state index contributed by atoms with van der Waals surface area (Å²) in [5.74, 6) is -2.75. The molecule has 0 bridgehead atoms. The molecule has 14 nitrogen and oxygen atoms in total. The predicted octanol–water partition coefficient (Wildman–Crippen LogP) is 2.87. The zero-order valence-electron chi connectivity index (χ0n) is 31.7. The van der Waals surface area contributed by atoms with Crippen molar-refractivity contribution in [3.63, 3.8) is 0 Å². The first-order valence-corrected chi connectivity index (χ1v) is 20.3. The van der Waals surface area contributed by atoms with Gasteiger partial charge in [-0.15, -0.1) is 0 Å². The van der Waals surface area contributed by atoms with Gasteiger partial charge in [-0.1, -0.05) is 54.1 Å². The zero-order valence-corrected chi connectivity index (χ0v) is 33.2. The Bertz CT molecular complexity index is 1640. The number of hydrogen-bond acceptors (Lipinski definition) is 11. The molecule has 6 atom stereocenters. The van der Waals surface area contributed by atoms with E-state index in [1.807, 2.05) is 0 Å². The van der Waals surface area contributed by atoms with Gasteiger partial charge in [0.15, 0.2) is 6.10 Å². The molecule has 1 saturated heterocycles. The van der Waals surface area contributed by atoms with Crippen LogP contribution in [0.5, 0.6) is 0 Å². The van der Waals surface area contributed by atoms with Crippen LogP contribution in [-0.4, -0.2) is 105 Å². The fourth-order valence-electron chi connectivity index (χ4n) is 6.36. The largest absolute Gasteiger partial charge is 0.467 e. The number of nitrogens with two attached hydrogens (primary N) is 1. The van der Waals surface area contributed by atoms with Crippen LogP contribution in [0.2, 0.25) is 5.02 Å². The van der Waals surface area contributed by atoms with Gasteiger partial charge in [0.25, 0.3) is 0 Å². The van der Waals surface area contributed by atoms with E-state index in [9.17, 15) is 32.7 Å². The number of nitrogens with one attached hydrogen (secondary N) is 2. The number of aliphatic hydroxyl groups is 1. The van der Waals surface area contributed by atoms with Crippen molar-refractivity contribution in [2.75, 3.05) is 26.5 Å². The lowest BCUT2D eigenvalue weighted by molar-refractivity contribution is -0.155. The van der Waals surface area contributed by atoms with Crippen molar-refractivity contribution in [2.45, 2.75) is 108 Å². The molecule has 2 aromatic carbocycles. The van der Waals surface area contributed by atoms with Gasteiger partial charge in [0, 0.05) is 24.4 Å². The van der Waals surface area contributed by atoms with Crippen LogP contribution < -0.4 is 15.8 Å². The lowest BCUT2D eigenvalue weighted by atomic mass is 9.92. The van der Waals surface area contributed by atoms with Gasteiger partial charge in [0.2, 0.25) is 21.8 Å². The van der Waals surface area contributed by atoms with Crippen LogP contribution in [0.3, 0.4) is 0 Å². The van der Waals surface area contributed by atoms with Crippen molar-refractivity contribution in [1.29, 1.82) is 0 Å². The average molecular weight is 795 g/mol. The summed E-state index contributed by atoms with van der Waals surface area (Å²) < 4.78 is 44.0. The summed E-state index contributed by atoms with van der Waals surface area (Å²) in [7, 11) is -2.78. The van der Waals surface area contributed by atoms with Crippen LogP contribution in [0.25, 0.3) is 0 Å². The highest BCUT2D eigenvalue weighted by molar-refractivity contribution is 7.88. The highest BCUT2D eigenvalue weighted by atomic mass is 35.5. The SMILES string of the molecule is COC(=O)C(O)[C@H](Cc1ccccc1)NC(=O)[C@@H]1C[C@@H](OCc2ccc(Cl)cc2)CN1C(=O)[C@@H](CCC(CCN)CCC(=O)OC(C)(C)C)NS(C)(=O)=O. The number of carbonyl (C=O) groups excluding carboxylic acids is 4. The number of sulfonamides is 1. The van der Waals surface area contributed by atoms with Crippen molar-refractivity contribution in [1.82, 2.24) is 14.9 Å². The Morgan fingerprint density at radius 3 is 2.26 bits per heavy atom. The molecule has 1 heterocycles. The van der Waals surface area contributed by atoms with E-state index in [1.165, 1.54) is 4.90 Å². The molecule has 0 aromatic heterocycles. The number of hydrogen-bond donors (Lipinski definition) is 4. The van der Waals surface area contributed by atoms with E-state index in [0.29, 0.717) is 30.8 Å². The van der Waals surface area contributed by atoms with Crippen molar-refractivity contribution in [3.05, 3.63) is 70.7 Å². The second-order valence-corrected chi connectivity index (χ2v) is 16.9. The second kappa shape index (κ2) is 20.9. The Labute approximate surface area is 323 Å². The van der Waals surface area contributed by atoms with Gasteiger partial charge in [-0.25, -0.2) is 17.9 Å². The van der Waals surface area contributed by atoms with Gasteiger partial charge >= 0.3 is 11.9 Å². The van der Waals surface area contributed by atoms with E-state index in [2.05, 4.69) is 10.0 Å². The van der Waals surface area contributed by atoms with E-state index in [-0.39, 0.29) is 50.7 Å². The van der Waals surface area contributed by atoms with Crippen LogP contribution in [0.4, 0.5) is 0 Å². The first-order valence-electron chi connectivity index (χ1n) is 18.0. The van der Waals surface area contributed by atoms with Crippen molar-refractivity contribution in [2.24, 2.45) is 11.7 Å². The maximum Gasteiger partial charge on any atom is 0.336 e. The summed E-state index contributed by atoms with van der Waals surface area (Å²) in [6, 6.07) is 12.4. The number of nitrogens with zero attached hydrogens (tertiary/aromatic N) is 1. The van der Waals surface area contributed by atoms with Crippen LogP contribution in [0.15, 0.2) is 54.6 Å². The molecule has 16 heteroatoms. The Morgan fingerprint density at radius 2 is 1.67 bits per heavy atom. The number of esters is 2. The molecule has 3 rings (SSSR count). The molecule has 54 heavy (non-hydrogen) atoms. The summed E-state index contributed by atoms with van der Waals surface area (Å²) >= 11 is 6.03. The molecule has 0 saturated carbocycles. The third kappa shape index (κ3) is 15.3. The minimum absolute atomic E-state index is 0.0414. The number of aliphatic hydroxyl groups excluding tert-OH is 1. The number of ether oxygens (including phenoxy) is 3. The number of amides is 2. The highest BCUT2D eigenvalue weighted by Gasteiger charge is 2.44. The van der Waals surface area contributed by atoms with Crippen LogP contribution in [-0.2, 0) is 56.4 Å². The molecule has 2 aromatic rings. The van der Waals surface area contributed by atoms with Gasteiger partial charge in [-0.05, 0) is 88.6 Å². The molecule has 0 radical (unpaired) electrons. The monoisotopic (exact) mass is 794 g/mol. The Hall–Kier alpha value is -3.60. The molecule has 5 N–H and O–H groups in total. The summed E-state index contributed by atoms with van der Waals surface area (Å²) in [5, 5.41) is 14.2. The average Bonchev–Trinajstić information content (AvgIpc) is 3.54. The molecule has 0 spiro atoms. The molecule has 1 aliphatic heterocycles. The van der Waals surface area contributed by atoms with Crippen LogP contribution in [0, 0.1) is 5.92 Å². The van der Waals surface area contributed by atoms with Gasteiger partial charge in [-0.3, -0.25) is 14.4 Å². The summed E-state index contributed by atoms with van der Waals surface area (Å²) in [4.78, 5) is 54.6. The zero-order chi connectivity index (χ0) is 40.1. The van der Waals surface area contributed by atoms with Crippen LogP contribution >= 0.6 is 11.6 Å². The highest BCUT2D eigenvalue weighted by Crippen LogP contribution is 2.27. The van der Waals surface area contributed by atoms with Gasteiger partial charge < -0.3 is 35.3 Å². The molecule has 2 amide bonds. The number of carbonyl (C=O) groups is 4. The summed E-state index contributed by atoms with van der Waals surface area (Å²) in [6.45, 7) is 5.76. The summed E-state index contributed by atoms with van der Waals surface area (Å²) in [6.07, 6.45) is 0.214. The lowest BCUT2D eigenvalue weighted by Crippen LogP contribution is -2.56. The van der Waals surface area contributed by atoms with Crippen molar-refractivity contribution < 1.29 is 46.9 Å². The maximum absolute atomic E-state index is 14.4. The maximum atomic E-state index is 14.4. The third-order valence-electron chi connectivity index (χ3n) is 8.97. The molecule has 0 aliphatic carbocycles. The Kier molecular flexibility index (Phi) is 17.3. The minimum atomic E-state index is -3.91. The first kappa shape index (κ1) is 44.8. The van der Waals surface area contributed by atoms with Gasteiger partial charge in [0.05, 0.1) is 32.1 Å². The molecule has 300 valence electrons. The molecule has 1 fully saturated rings. The standard InChI is InChI=1S/C38H55ClN4O10S/c1-38(2,3)53-33(44)18-14-25(19-20-40)13-17-30(42-54(5,49)50)36(47)43-23-29(52-24-27-11-15-28(39)16-12-27)22-32(43)35(46)41-31(34(45)37(48)51-4)21-26-9-7-6-8-10-26/h6-12,15-16,25,29-32,34,42,45H,13-14,17-24,40H2,1-5H3,(H,41,46)/t25?,29-,30-,31+,32+,34?/m1/s1. The fourth-order valence-corrected chi connectivity index (χ4v) is 7.22. The quantitative estimate of drug-likeness (QED) is 0.144. The van der Waals surface area contributed by atoms with E-state index in [0.717, 1.165) is 24.5 Å². The third-order valence-corrected chi connectivity index (χ3v) is 9.93. The van der Waals surface area contributed by atoms with E-state index < -0.39 is 63.7 Å². The van der Waals surface area contributed by atoms with Gasteiger partial charge in [0.1, 0.15) is 17.7 Å². The van der Waals surface area contributed by atoms with E-state index in [1.54, 1.807) is 75.4 Å². The number of likely N-dealkylation sites (tertiary alicyclic amines) is 1. The summed E-state index contributed by atoms with van der Waals surface area (Å²) in [5.41, 5.74) is 6.76. The molecule has 1 aliphatic rings. The number of rotatable bonds is 20.